The van der Waals surface area contributed by atoms with E-state index in [1.807, 2.05) is 18.2 Å². The van der Waals surface area contributed by atoms with Crippen molar-refractivity contribution < 1.29 is 19.1 Å². The molecule has 0 saturated heterocycles. The summed E-state index contributed by atoms with van der Waals surface area (Å²) in [7, 11) is 0. The first-order valence-electron chi connectivity index (χ1n) is 9.79. The number of ether oxygens (including phenoxy) is 2. The Morgan fingerprint density at radius 3 is 2.11 bits per heavy atom. The first-order valence-corrected chi connectivity index (χ1v) is 10.2. The number of esters is 2. The first-order chi connectivity index (χ1) is 13.6. The lowest BCUT2D eigenvalue weighted by Crippen LogP contribution is -2.15. The average molecular weight is 403 g/mol. The van der Waals surface area contributed by atoms with Crippen LogP contribution in [0, 0.1) is 0 Å². The average Bonchev–Trinajstić information content (AvgIpc) is 2.70. The maximum absolute atomic E-state index is 12.4. The van der Waals surface area contributed by atoms with Crippen LogP contribution in [-0.4, -0.2) is 25.2 Å². The van der Waals surface area contributed by atoms with Crippen molar-refractivity contribution in [1.29, 1.82) is 0 Å². The van der Waals surface area contributed by atoms with Gasteiger partial charge in [-0.05, 0) is 36.2 Å². The van der Waals surface area contributed by atoms with Gasteiger partial charge in [-0.15, -0.1) is 0 Å². The largest absolute Gasteiger partial charge is 0.462 e. The van der Waals surface area contributed by atoms with E-state index < -0.39 is 11.9 Å². The summed E-state index contributed by atoms with van der Waals surface area (Å²) < 4.78 is 10.7. The Morgan fingerprint density at radius 2 is 1.46 bits per heavy atom. The lowest BCUT2D eigenvalue weighted by molar-refractivity contribution is 0.0456. The van der Waals surface area contributed by atoms with E-state index in [-0.39, 0.29) is 17.7 Å². The second-order valence-electron chi connectivity index (χ2n) is 6.61. The van der Waals surface area contributed by atoms with E-state index in [0.717, 1.165) is 24.8 Å². The fraction of sp³-hybridized carbons (Fsp3) is 0.391. The van der Waals surface area contributed by atoms with Crippen LogP contribution >= 0.6 is 11.6 Å². The van der Waals surface area contributed by atoms with Gasteiger partial charge < -0.3 is 9.47 Å². The van der Waals surface area contributed by atoms with E-state index in [0.29, 0.717) is 18.1 Å². The molecule has 0 radical (unpaired) electrons. The van der Waals surface area contributed by atoms with Gasteiger partial charge in [0.1, 0.15) is 0 Å². The van der Waals surface area contributed by atoms with Crippen LogP contribution in [0.1, 0.15) is 65.3 Å². The van der Waals surface area contributed by atoms with Gasteiger partial charge in [0.25, 0.3) is 0 Å². The Kier molecular flexibility index (Phi) is 9.56. The van der Waals surface area contributed by atoms with Crippen LogP contribution in [0.2, 0.25) is 5.02 Å². The minimum atomic E-state index is -0.530. The minimum absolute atomic E-state index is 0.208. The summed E-state index contributed by atoms with van der Waals surface area (Å²) >= 11 is 5.96. The zero-order valence-electron chi connectivity index (χ0n) is 16.3. The zero-order chi connectivity index (χ0) is 20.2. The van der Waals surface area contributed by atoms with Crippen LogP contribution < -0.4 is 0 Å². The molecule has 4 nitrogen and oxygen atoms in total. The molecule has 0 atom stereocenters. The summed E-state index contributed by atoms with van der Waals surface area (Å²) in [6, 6.07) is 14.0. The number of hydrogen-bond acceptors (Lipinski definition) is 4. The molecule has 2 aromatic carbocycles. The Morgan fingerprint density at radius 1 is 0.821 bits per heavy atom. The van der Waals surface area contributed by atoms with Crippen molar-refractivity contribution in [2.75, 3.05) is 13.2 Å². The number of benzene rings is 2. The predicted octanol–water partition coefficient (Wildman–Crippen LogP) is 5.87. The number of unbranched alkanes of at least 4 members (excludes halogenated alkanes) is 4. The van der Waals surface area contributed by atoms with E-state index in [1.165, 1.54) is 12.8 Å². The SMILES string of the molecule is CCCCCCCOC(=O)c1ccccc1C(=O)OCCc1cccc(Cl)c1. The van der Waals surface area contributed by atoms with Gasteiger partial charge in [-0.1, -0.05) is 68.5 Å². The highest BCUT2D eigenvalue weighted by molar-refractivity contribution is 6.30. The van der Waals surface area contributed by atoms with Crippen molar-refractivity contribution in [2.24, 2.45) is 0 Å². The number of hydrogen-bond donors (Lipinski definition) is 0. The minimum Gasteiger partial charge on any atom is -0.462 e. The lowest BCUT2D eigenvalue weighted by Gasteiger charge is -2.10. The van der Waals surface area contributed by atoms with Gasteiger partial charge in [-0.2, -0.15) is 0 Å². The summed E-state index contributed by atoms with van der Waals surface area (Å²) in [6.07, 6.45) is 5.93. The standard InChI is InChI=1S/C23H27ClO4/c1-2-3-4-5-8-15-27-22(25)20-12-6-7-13-21(20)23(26)28-16-14-18-10-9-11-19(24)17-18/h6-7,9-13,17H,2-5,8,14-16H2,1H3. The third-order valence-corrected chi connectivity index (χ3v) is 4.60. The molecule has 2 aromatic rings. The molecule has 0 unspecified atom stereocenters. The summed E-state index contributed by atoms with van der Waals surface area (Å²) in [4.78, 5) is 24.8. The second kappa shape index (κ2) is 12.2. The molecule has 0 aliphatic heterocycles. The molecule has 0 aromatic heterocycles. The quantitative estimate of drug-likeness (QED) is 0.348. The Hall–Kier alpha value is -2.33. The molecule has 150 valence electrons. The van der Waals surface area contributed by atoms with Crippen LogP contribution in [0.5, 0.6) is 0 Å². The van der Waals surface area contributed by atoms with E-state index in [4.69, 9.17) is 21.1 Å². The maximum Gasteiger partial charge on any atom is 0.339 e. The summed E-state index contributed by atoms with van der Waals surface area (Å²) in [5, 5.41) is 0.645. The maximum atomic E-state index is 12.4. The molecule has 5 heteroatoms. The Bertz CT molecular complexity index is 773. The number of carbonyl (C=O) groups is 2. The van der Waals surface area contributed by atoms with E-state index in [2.05, 4.69) is 6.92 Å². The third kappa shape index (κ3) is 7.35. The number of carbonyl (C=O) groups excluding carboxylic acids is 2. The molecule has 0 aliphatic carbocycles. The molecule has 0 amide bonds. The third-order valence-electron chi connectivity index (χ3n) is 4.36. The summed E-state index contributed by atoms with van der Waals surface area (Å²) in [5.74, 6) is -1.02. The molecular weight excluding hydrogens is 376 g/mol. The van der Waals surface area contributed by atoms with E-state index in [9.17, 15) is 9.59 Å². The highest BCUT2D eigenvalue weighted by atomic mass is 35.5. The number of rotatable bonds is 11. The highest BCUT2D eigenvalue weighted by Crippen LogP contribution is 2.14. The summed E-state index contributed by atoms with van der Waals surface area (Å²) in [6.45, 7) is 2.73. The van der Waals surface area contributed by atoms with Gasteiger partial charge in [-0.25, -0.2) is 9.59 Å². The molecule has 28 heavy (non-hydrogen) atoms. The van der Waals surface area contributed by atoms with Gasteiger partial charge in [0.15, 0.2) is 0 Å². The predicted molar refractivity (Wildman–Crippen MR) is 111 cm³/mol. The van der Waals surface area contributed by atoms with Crippen LogP contribution in [0.25, 0.3) is 0 Å². The molecule has 0 spiro atoms. The normalized spacial score (nSPS) is 10.5. The molecule has 0 fully saturated rings. The first kappa shape index (κ1) is 22.0. The molecule has 0 N–H and O–H groups in total. The van der Waals surface area contributed by atoms with Gasteiger partial charge in [0.05, 0.1) is 24.3 Å². The summed E-state index contributed by atoms with van der Waals surface area (Å²) in [5.41, 5.74) is 1.45. The molecule has 0 aliphatic rings. The topological polar surface area (TPSA) is 52.6 Å². The van der Waals surface area contributed by atoms with Gasteiger partial charge in [0.2, 0.25) is 0 Å². The van der Waals surface area contributed by atoms with Crippen LogP contribution in [-0.2, 0) is 15.9 Å². The van der Waals surface area contributed by atoms with Crippen molar-refractivity contribution in [2.45, 2.75) is 45.4 Å². The Balaban J connectivity index is 1.85. The van der Waals surface area contributed by atoms with E-state index in [1.54, 1.807) is 30.3 Å². The van der Waals surface area contributed by atoms with Crippen molar-refractivity contribution >= 4 is 23.5 Å². The van der Waals surface area contributed by atoms with Gasteiger partial charge >= 0.3 is 11.9 Å². The van der Waals surface area contributed by atoms with Crippen LogP contribution in [0.15, 0.2) is 48.5 Å². The van der Waals surface area contributed by atoms with E-state index >= 15 is 0 Å². The van der Waals surface area contributed by atoms with Crippen molar-refractivity contribution in [1.82, 2.24) is 0 Å². The molecular formula is C23H27ClO4. The molecule has 0 heterocycles. The van der Waals surface area contributed by atoms with Crippen molar-refractivity contribution in [3.8, 4) is 0 Å². The second-order valence-corrected chi connectivity index (χ2v) is 7.05. The van der Waals surface area contributed by atoms with Crippen molar-refractivity contribution in [3.63, 3.8) is 0 Å². The van der Waals surface area contributed by atoms with Gasteiger partial charge in [0, 0.05) is 11.4 Å². The molecule has 0 saturated carbocycles. The number of halogens is 1. The molecule has 2 rings (SSSR count). The van der Waals surface area contributed by atoms with Crippen LogP contribution in [0.4, 0.5) is 0 Å². The Labute approximate surface area is 171 Å². The zero-order valence-corrected chi connectivity index (χ0v) is 17.0. The highest BCUT2D eigenvalue weighted by Gasteiger charge is 2.18. The van der Waals surface area contributed by atoms with Gasteiger partial charge in [-0.3, -0.25) is 0 Å². The smallest absolute Gasteiger partial charge is 0.339 e. The van der Waals surface area contributed by atoms with Crippen molar-refractivity contribution in [3.05, 3.63) is 70.2 Å². The lowest BCUT2D eigenvalue weighted by atomic mass is 10.1. The monoisotopic (exact) mass is 402 g/mol. The fourth-order valence-corrected chi connectivity index (χ4v) is 3.03. The molecule has 0 bridgehead atoms. The fourth-order valence-electron chi connectivity index (χ4n) is 2.82. The van der Waals surface area contributed by atoms with Crippen LogP contribution in [0.3, 0.4) is 0 Å².